The molecule has 0 saturated heterocycles. The Hall–Kier alpha value is -3.72. The molecule has 9 heteroatoms. The van der Waals surface area contributed by atoms with Crippen molar-refractivity contribution in [2.75, 3.05) is 16.5 Å². The Kier molecular flexibility index (Phi) is 5.97. The number of rotatable bonds is 3. The fraction of sp³-hybridized carbons (Fsp3) is 0.0526. The minimum absolute atomic E-state index is 0.250. The lowest BCUT2D eigenvalue weighted by Gasteiger charge is -2.23. The topological polar surface area (TPSA) is 131 Å². The zero-order chi connectivity index (χ0) is 19.9. The number of anilines is 3. The van der Waals surface area contributed by atoms with Gasteiger partial charge < -0.3 is 16.3 Å². The molecule has 0 bridgehead atoms. The molecule has 1 aliphatic rings. The van der Waals surface area contributed by atoms with E-state index in [2.05, 4.69) is 4.98 Å². The highest BCUT2D eigenvalue weighted by Crippen LogP contribution is 2.34. The molecule has 2 heterocycles. The predicted octanol–water partition coefficient (Wildman–Crippen LogP) is 3.10. The van der Waals surface area contributed by atoms with Gasteiger partial charge in [0.25, 0.3) is 5.90 Å². The van der Waals surface area contributed by atoms with Crippen LogP contribution in [0.4, 0.5) is 17.2 Å². The summed E-state index contributed by atoms with van der Waals surface area (Å²) >= 11 is -0.250. The predicted molar refractivity (Wildman–Crippen MR) is 110 cm³/mol. The summed E-state index contributed by atoms with van der Waals surface area (Å²) in [6.07, 6.45) is -0.332. The SMILES string of the molecule is N=S=O.Nc1cccc(N2OC(c3cccc(N)n3)=NC2c2ccccc2)c1. The Morgan fingerprint density at radius 3 is 2.39 bits per heavy atom. The maximum Gasteiger partial charge on any atom is 0.270 e. The van der Waals surface area contributed by atoms with Crippen LogP contribution >= 0.6 is 0 Å². The van der Waals surface area contributed by atoms with E-state index < -0.39 is 0 Å². The molecular weight excluding hydrogens is 376 g/mol. The average Bonchev–Trinajstić information content (AvgIpc) is 3.15. The van der Waals surface area contributed by atoms with Crippen molar-refractivity contribution in [3.8, 4) is 0 Å². The van der Waals surface area contributed by atoms with Crippen LogP contribution in [0.15, 0.2) is 77.8 Å². The molecular formula is C19H18N6O2S. The number of nitrogen functional groups attached to an aromatic ring is 2. The first-order chi connectivity index (χ1) is 13.6. The lowest BCUT2D eigenvalue weighted by atomic mass is 10.1. The van der Waals surface area contributed by atoms with Crippen molar-refractivity contribution in [2.24, 2.45) is 4.99 Å². The maximum atomic E-state index is 8.51. The van der Waals surface area contributed by atoms with Crippen molar-refractivity contribution >= 4 is 34.6 Å². The average molecular weight is 394 g/mol. The van der Waals surface area contributed by atoms with Crippen molar-refractivity contribution in [2.45, 2.75) is 6.17 Å². The van der Waals surface area contributed by atoms with Gasteiger partial charge in [-0.15, -0.1) is 0 Å². The van der Waals surface area contributed by atoms with Crippen molar-refractivity contribution in [3.63, 3.8) is 0 Å². The van der Waals surface area contributed by atoms with Gasteiger partial charge in [0.15, 0.2) is 17.6 Å². The molecule has 0 fully saturated rings. The number of nitrogens with one attached hydrogen (secondary N) is 1. The lowest BCUT2D eigenvalue weighted by molar-refractivity contribution is 0.269. The summed E-state index contributed by atoms with van der Waals surface area (Å²) in [6.45, 7) is 0. The molecule has 1 aliphatic heterocycles. The Bertz CT molecular complexity index is 1020. The molecule has 2 aromatic carbocycles. The van der Waals surface area contributed by atoms with Crippen LogP contribution in [-0.4, -0.2) is 15.1 Å². The third kappa shape index (κ3) is 4.33. The Labute approximate surface area is 165 Å². The number of benzene rings is 2. The smallest absolute Gasteiger partial charge is 0.270 e. The van der Waals surface area contributed by atoms with Gasteiger partial charge in [0.05, 0.1) is 5.69 Å². The molecule has 3 aromatic rings. The van der Waals surface area contributed by atoms with Crippen LogP contribution in [0.25, 0.3) is 0 Å². The molecule has 8 nitrogen and oxygen atoms in total. The largest absolute Gasteiger partial charge is 0.399 e. The van der Waals surface area contributed by atoms with Gasteiger partial charge in [0.2, 0.25) is 0 Å². The molecule has 0 radical (unpaired) electrons. The van der Waals surface area contributed by atoms with Crippen molar-refractivity contribution in [1.82, 2.24) is 4.98 Å². The number of nitrogens with zero attached hydrogens (tertiary/aromatic N) is 3. The Balaban J connectivity index is 0.000000706. The van der Waals surface area contributed by atoms with Crippen LogP contribution in [-0.2, 0) is 16.3 Å². The van der Waals surface area contributed by atoms with Gasteiger partial charge in [-0.1, -0.05) is 42.5 Å². The summed E-state index contributed by atoms with van der Waals surface area (Å²) in [5.41, 5.74) is 14.8. The highest BCUT2D eigenvalue weighted by atomic mass is 32.1. The van der Waals surface area contributed by atoms with E-state index >= 15 is 0 Å². The molecule has 28 heavy (non-hydrogen) atoms. The van der Waals surface area contributed by atoms with E-state index in [1.54, 1.807) is 11.1 Å². The van der Waals surface area contributed by atoms with Crippen molar-refractivity contribution < 1.29 is 9.05 Å². The zero-order valence-electron chi connectivity index (χ0n) is 14.7. The number of hydroxylamine groups is 1. The number of pyridine rings is 1. The van der Waals surface area contributed by atoms with Gasteiger partial charge >= 0.3 is 0 Å². The van der Waals surface area contributed by atoms with E-state index in [-0.39, 0.29) is 17.6 Å². The number of nitrogens with two attached hydrogens (primary N) is 2. The molecule has 0 spiro atoms. The molecule has 1 atom stereocenters. The molecule has 0 saturated carbocycles. The maximum absolute atomic E-state index is 8.51. The number of aliphatic imine (C=N–C) groups is 1. The van der Waals surface area contributed by atoms with Gasteiger partial charge in [0, 0.05) is 5.69 Å². The first-order valence-electron chi connectivity index (χ1n) is 8.26. The van der Waals surface area contributed by atoms with E-state index in [0.29, 0.717) is 23.1 Å². The van der Waals surface area contributed by atoms with Crippen LogP contribution in [0.5, 0.6) is 0 Å². The van der Waals surface area contributed by atoms with E-state index in [1.807, 2.05) is 66.7 Å². The normalized spacial score (nSPS) is 15.1. The van der Waals surface area contributed by atoms with Gasteiger partial charge in [0.1, 0.15) is 11.5 Å². The third-order valence-corrected chi connectivity index (χ3v) is 3.86. The van der Waals surface area contributed by atoms with Crippen molar-refractivity contribution in [1.29, 1.82) is 4.78 Å². The molecule has 1 unspecified atom stereocenters. The van der Waals surface area contributed by atoms with E-state index in [0.717, 1.165) is 11.3 Å². The van der Waals surface area contributed by atoms with Gasteiger partial charge in [-0.3, -0.25) is 0 Å². The quantitative estimate of drug-likeness (QED) is 0.585. The van der Waals surface area contributed by atoms with E-state index in [1.165, 1.54) is 0 Å². The zero-order valence-corrected chi connectivity index (χ0v) is 15.5. The van der Waals surface area contributed by atoms with Crippen LogP contribution in [0, 0.1) is 4.78 Å². The molecule has 0 aliphatic carbocycles. The second-order valence-electron chi connectivity index (χ2n) is 5.76. The lowest BCUT2D eigenvalue weighted by Crippen LogP contribution is -2.24. The monoisotopic (exact) mass is 394 g/mol. The molecule has 1 aromatic heterocycles. The summed E-state index contributed by atoms with van der Waals surface area (Å²) in [5.74, 6) is 0.839. The second-order valence-corrected chi connectivity index (χ2v) is 5.93. The van der Waals surface area contributed by atoms with Gasteiger partial charge in [-0.2, -0.15) is 9.27 Å². The summed E-state index contributed by atoms with van der Waals surface area (Å²) in [7, 11) is 0. The molecule has 5 N–H and O–H groups in total. The molecule has 4 rings (SSSR count). The van der Waals surface area contributed by atoms with Crippen LogP contribution in [0.1, 0.15) is 17.4 Å². The molecule has 0 amide bonds. The summed E-state index contributed by atoms with van der Waals surface area (Å²) in [4.78, 5) is 15.0. The van der Waals surface area contributed by atoms with E-state index in [4.69, 9.17) is 30.3 Å². The standard InChI is InChI=1S/C19H17N5O.HNOS/c20-14-8-4-9-15(12-14)24-18(13-6-2-1-3-7-13)23-19(25-24)16-10-5-11-17(21)22-16;1-3-2/h1-12,18H,20H2,(H2,21,22);1H. The second kappa shape index (κ2) is 8.78. The fourth-order valence-corrected chi connectivity index (χ4v) is 2.70. The summed E-state index contributed by atoms with van der Waals surface area (Å²) in [6, 6.07) is 22.8. The summed E-state index contributed by atoms with van der Waals surface area (Å²) in [5, 5.41) is 1.73. The highest BCUT2D eigenvalue weighted by molar-refractivity contribution is 7.53. The Morgan fingerprint density at radius 1 is 1.00 bits per heavy atom. The Morgan fingerprint density at radius 2 is 1.71 bits per heavy atom. The first-order valence-corrected chi connectivity index (χ1v) is 9.00. The number of aromatic nitrogens is 1. The summed E-state index contributed by atoms with van der Waals surface area (Å²) < 4.78 is 14.1. The van der Waals surface area contributed by atoms with Crippen LogP contribution in [0.2, 0.25) is 0 Å². The fourth-order valence-electron chi connectivity index (χ4n) is 2.70. The van der Waals surface area contributed by atoms with Crippen LogP contribution < -0.4 is 16.5 Å². The minimum atomic E-state index is -0.332. The number of hydrogen-bond donors (Lipinski definition) is 3. The van der Waals surface area contributed by atoms with Gasteiger partial charge in [-0.25, -0.2) is 14.8 Å². The van der Waals surface area contributed by atoms with E-state index in [9.17, 15) is 0 Å². The minimum Gasteiger partial charge on any atom is -0.399 e. The van der Waals surface area contributed by atoms with Gasteiger partial charge in [-0.05, 0) is 35.9 Å². The first kappa shape index (κ1) is 19.1. The molecule has 142 valence electrons. The van der Waals surface area contributed by atoms with Crippen molar-refractivity contribution in [3.05, 3.63) is 84.1 Å². The highest BCUT2D eigenvalue weighted by Gasteiger charge is 2.32. The third-order valence-electron chi connectivity index (χ3n) is 3.86. The number of hydrogen-bond acceptors (Lipinski definition) is 8. The van der Waals surface area contributed by atoms with Crippen LogP contribution in [0.3, 0.4) is 0 Å².